The molecule has 1 rings (SSSR count). The lowest BCUT2D eigenvalue weighted by molar-refractivity contribution is 0.602. The van der Waals surface area contributed by atoms with Crippen LogP contribution in [0.1, 0.15) is 6.92 Å². The second-order valence-electron chi connectivity index (χ2n) is 2.94. The molecule has 0 saturated heterocycles. The molecule has 0 atom stereocenters. The predicted molar refractivity (Wildman–Crippen MR) is 58.7 cm³/mol. The molecule has 0 fully saturated rings. The topological polar surface area (TPSA) is 46.2 Å². The third-order valence-electron chi connectivity index (χ3n) is 1.71. The first-order valence-electron chi connectivity index (χ1n) is 4.18. The van der Waals surface area contributed by atoms with Crippen molar-refractivity contribution < 1.29 is 8.42 Å². The molecule has 14 heavy (non-hydrogen) atoms. The second-order valence-corrected chi connectivity index (χ2v) is 5.36. The van der Waals surface area contributed by atoms with E-state index in [1.54, 1.807) is 12.1 Å². The number of hydrogen-bond acceptors (Lipinski definition) is 3. The molecule has 0 aliphatic rings. The smallest absolute Gasteiger partial charge is 0.177 e. The van der Waals surface area contributed by atoms with Crippen molar-refractivity contribution in [1.82, 2.24) is 0 Å². The van der Waals surface area contributed by atoms with E-state index in [0.717, 1.165) is 0 Å². The molecule has 0 aliphatic heterocycles. The number of rotatable bonds is 3. The van der Waals surface area contributed by atoms with Crippen molar-refractivity contribution in [2.24, 2.45) is 0 Å². The SMILES string of the molecule is CCNc1cc(Cl)ccc1S(C)(=O)=O. The number of anilines is 1. The largest absolute Gasteiger partial charge is 0.384 e. The maximum absolute atomic E-state index is 11.4. The second kappa shape index (κ2) is 4.19. The van der Waals surface area contributed by atoms with Gasteiger partial charge in [-0.3, -0.25) is 0 Å². The summed E-state index contributed by atoms with van der Waals surface area (Å²) in [7, 11) is -3.19. The van der Waals surface area contributed by atoms with E-state index in [1.807, 2.05) is 6.92 Å². The maximum Gasteiger partial charge on any atom is 0.177 e. The molecule has 5 heteroatoms. The highest BCUT2D eigenvalue weighted by Gasteiger charge is 2.12. The normalized spacial score (nSPS) is 11.4. The summed E-state index contributed by atoms with van der Waals surface area (Å²) in [6.07, 6.45) is 1.18. The summed E-state index contributed by atoms with van der Waals surface area (Å²) >= 11 is 5.77. The molecule has 0 saturated carbocycles. The standard InChI is InChI=1S/C9H12ClNO2S/c1-3-11-8-6-7(10)4-5-9(8)14(2,12)13/h4-6,11H,3H2,1-2H3. The molecular weight excluding hydrogens is 222 g/mol. The summed E-state index contributed by atoms with van der Waals surface area (Å²) in [6, 6.07) is 4.69. The predicted octanol–water partition coefficient (Wildman–Crippen LogP) is 2.18. The van der Waals surface area contributed by atoms with Crippen LogP contribution in [-0.2, 0) is 9.84 Å². The van der Waals surface area contributed by atoms with Gasteiger partial charge in [0.1, 0.15) is 0 Å². The zero-order valence-electron chi connectivity index (χ0n) is 8.04. The van der Waals surface area contributed by atoms with Gasteiger partial charge in [0, 0.05) is 17.8 Å². The minimum Gasteiger partial charge on any atom is -0.384 e. The first-order chi connectivity index (χ1) is 6.45. The van der Waals surface area contributed by atoms with Gasteiger partial charge in [-0.05, 0) is 25.1 Å². The molecule has 1 aromatic carbocycles. The number of nitrogens with one attached hydrogen (secondary N) is 1. The fraction of sp³-hybridized carbons (Fsp3) is 0.333. The van der Waals surface area contributed by atoms with Gasteiger partial charge < -0.3 is 5.32 Å². The van der Waals surface area contributed by atoms with Crippen LogP contribution in [0.15, 0.2) is 23.1 Å². The van der Waals surface area contributed by atoms with Crippen LogP contribution >= 0.6 is 11.6 Å². The molecule has 3 nitrogen and oxygen atoms in total. The first kappa shape index (κ1) is 11.3. The maximum atomic E-state index is 11.4. The van der Waals surface area contributed by atoms with Gasteiger partial charge >= 0.3 is 0 Å². The van der Waals surface area contributed by atoms with Crippen LogP contribution in [0.2, 0.25) is 5.02 Å². The van der Waals surface area contributed by atoms with Gasteiger partial charge in [0.05, 0.1) is 10.6 Å². The van der Waals surface area contributed by atoms with Crippen molar-refractivity contribution in [3.8, 4) is 0 Å². The quantitative estimate of drug-likeness (QED) is 0.871. The molecule has 0 unspecified atom stereocenters. The summed E-state index contributed by atoms with van der Waals surface area (Å²) < 4.78 is 22.7. The minimum absolute atomic E-state index is 0.281. The Hall–Kier alpha value is -0.740. The molecule has 0 aliphatic carbocycles. The summed E-state index contributed by atoms with van der Waals surface area (Å²) in [5, 5.41) is 3.48. The molecule has 0 bridgehead atoms. The Kier molecular flexibility index (Phi) is 3.39. The Morgan fingerprint density at radius 1 is 1.43 bits per heavy atom. The van der Waals surface area contributed by atoms with Crippen LogP contribution in [0.3, 0.4) is 0 Å². The fourth-order valence-electron chi connectivity index (χ4n) is 1.15. The van der Waals surface area contributed by atoms with Gasteiger partial charge in [-0.25, -0.2) is 8.42 Å². The van der Waals surface area contributed by atoms with Crippen molar-refractivity contribution >= 4 is 27.1 Å². The van der Waals surface area contributed by atoms with Crippen molar-refractivity contribution in [3.05, 3.63) is 23.2 Å². The molecule has 0 spiro atoms. The van der Waals surface area contributed by atoms with Gasteiger partial charge in [-0.15, -0.1) is 0 Å². The van der Waals surface area contributed by atoms with E-state index in [4.69, 9.17) is 11.6 Å². The Balaban J connectivity index is 3.29. The van der Waals surface area contributed by atoms with Crippen molar-refractivity contribution in [1.29, 1.82) is 0 Å². The highest BCUT2D eigenvalue weighted by Crippen LogP contribution is 2.24. The lowest BCUT2D eigenvalue weighted by Crippen LogP contribution is -2.05. The molecule has 0 radical (unpaired) electrons. The van der Waals surface area contributed by atoms with Crippen molar-refractivity contribution in [2.75, 3.05) is 18.1 Å². The van der Waals surface area contributed by atoms with Gasteiger partial charge in [-0.2, -0.15) is 0 Å². The molecule has 0 aromatic heterocycles. The number of benzene rings is 1. The number of halogens is 1. The fourth-order valence-corrected chi connectivity index (χ4v) is 2.17. The number of hydrogen-bond donors (Lipinski definition) is 1. The summed E-state index contributed by atoms with van der Waals surface area (Å²) in [5.41, 5.74) is 0.558. The van der Waals surface area contributed by atoms with E-state index in [2.05, 4.69) is 5.32 Å². The summed E-state index contributed by atoms with van der Waals surface area (Å²) in [4.78, 5) is 0.281. The van der Waals surface area contributed by atoms with Crippen LogP contribution in [0.25, 0.3) is 0 Å². The summed E-state index contributed by atoms with van der Waals surface area (Å²) in [5.74, 6) is 0. The average Bonchev–Trinajstić information content (AvgIpc) is 2.02. The lowest BCUT2D eigenvalue weighted by Gasteiger charge is -2.09. The highest BCUT2D eigenvalue weighted by molar-refractivity contribution is 7.90. The van der Waals surface area contributed by atoms with Gasteiger partial charge in [-0.1, -0.05) is 11.6 Å². The Labute approximate surface area is 89.0 Å². The Morgan fingerprint density at radius 2 is 2.07 bits per heavy atom. The van der Waals surface area contributed by atoms with Crippen LogP contribution in [0.4, 0.5) is 5.69 Å². The lowest BCUT2D eigenvalue weighted by atomic mass is 10.3. The molecule has 1 aromatic rings. The van der Waals surface area contributed by atoms with E-state index in [1.165, 1.54) is 12.3 Å². The highest BCUT2D eigenvalue weighted by atomic mass is 35.5. The zero-order chi connectivity index (χ0) is 10.8. The van der Waals surface area contributed by atoms with E-state index < -0.39 is 9.84 Å². The van der Waals surface area contributed by atoms with Gasteiger partial charge in [0.25, 0.3) is 0 Å². The Bertz CT molecular complexity index is 428. The molecular formula is C9H12ClNO2S. The van der Waals surface area contributed by atoms with Gasteiger partial charge in [0.15, 0.2) is 9.84 Å². The van der Waals surface area contributed by atoms with Crippen LogP contribution < -0.4 is 5.32 Å². The van der Waals surface area contributed by atoms with E-state index in [9.17, 15) is 8.42 Å². The Morgan fingerprint density at radius 3 is 2.57 bits per heavy atom. The molecule has 0 heterocycles. The summed E-state index contributed by atoms with van der Waals surface area (Å²) in [6.45, 7) is 2.55. The average molecular weight is 234 g/mol. The molecule has 78 valence electrons. The molecule has 1 N–H and O–H groups in total. The van der Waals surface area contributed by atoms with E-state index in [0.29, 0.717) is 17.3 Å². The van der Waals surface area contributed by atoms with Crippen LogP contribution in [0, 0.1) is 0 Å². The van der Waals surface area contributed by atoms with Crippen molar-refractivity contribution in [3.63, 3.8) is 0 Å². The van der Waals surface area contributed by atoms with Gasteiger partial charge in [0.2, 0.25) is 0 Å². The van der Waals surface area contributed by atoms with E-state index in [-0.39, 0.29) is 4.90 Å². The molecule has 0 amide bonds. The monoisotopic (exact) mass is 233 g/mol. The van der Waals surface area contributed by atoms with E-state index >= 15 is 0 Å². The number of sulfone groups is 1. The zero-order valence-corrected chi connectivity index (χ0v) is 9.61. The minimum atomic E-state index is -3.19. The third-order valence-corrected chi connectivity index (χ3v) is 3.10. The first-order valence-corrected chi connectivity index (χ1v) is 6.45. The third kappa shape index (κ3) is 2.62. The van der Waals surface area contributed by atoms with Crippen LogP contribution in [0.5, 0.6) is 0 Å². The van der Waals surface area contributed by atoms with Crippen LogP contribution in [-0.4, -0.2) is 21.2 Å². The van der Waals surface area contributed by atoms with Crippen molar-refractivity contribution in [2.45, 2.75) is 11.8 Å².